The third kappa shape index (κ3) is 2.07. The van der Waals surface area contributed by atoms with Gasteiger partial charge in [-0.2, -0.15) is 5.26 Å². The van der Waals surface area contributed by atoms with Crippen LogP contribution in [0.1, 0.15) is 18.1 Å². The number of nitrogens with zero attached hydrogens (tertiary/aromatic N) is 1. The normalized spacial score (nSPS) is 9.29. The first-order valence-corrected chi connectivity index (χ1v) is 4.02. The number of amides is 1. The maximum absolute atomic E-state index is 13.2. The quantitative estimate of drug-likeness (QED) is 0.739. The number of halogens is 1. The van der Waals surface area contributed by atoms with Crippen LogP contribution in [0.4, 0.5) is 10.1 Å². The molecule has 0 unspecified atom stereocenters. The largest absolute Gasteiger partial charge is 0.326 e. The van der Waals surface area contributed by atoms with Crippen LogP contribution in [0.25, 0.3) is 0 Å². The summed E-state index contributed by atoms with van der Waals surface area (Å²) in [5.74, 6) is -0.782. The Kier molecular flexibility index (Phi) is 2.82. The minimum absolute atomic E-state index is 0.192. The fraction of sp³-hybridized carbons (Fsp3) is 0.200. The van der Waals surface area contributed by atoms with Crippen LogP contribution in [-0.2, 0) is 4.79 Å². The van der Waals surface area contributed by atoms with Crippen molar-refractivity contribution in [2.75, 3.05) is 5.32 Å². The Morgan fingerprint density at radius 3 is 2.71 bits per heavy atom. The van der Waals surface area contributed by atoms with Gasteiger partial charge in [0.2, 0.25) is 5.91 Å². The molecule has 0 saturated heterocycles. The smallest absolute Gasteiger partial charge is 0.221 e. The highest BCUT2D eigenvalue weighted by molar-refractivity contribution is 5.89. The fourth-order valence-electron chi connectivity index (χ4n) is 1.06. The highest BCUT2D eigenvalue weighted by Gasteiger charge is 2.07. The minimum atomic E-state index is -0.493. The molecule has 0 spiro atoms. The van der Waals surface area contributed by atoms with E-state index in [0.29, 0.717) is 11.3 Å². The molecule has 0 bridgehead atoms. The third-order valence-corrected chi connectivity index (χ3v) is 1.78. The van der Waals surface area contributed by atoms with Crippen LogP contribution < -0.4 is 5.32 Å². The lowest BCUT2D eigenvalue weighted by Crippen LogP contribution is -2.08. The molecular weight excluding hydrogens is 183 g/mol. The highest BCUT2D eigenvalue weighted by atomic mass is 19.1. The lowest BCUT2D eigenvalue weighted by Gasteiger charge is -2.07. The molecule has 0 aliphatic heterocycles. The number of hydrogen-bond donors (Lipinski definition) is 1. The van der Waals surface area contributed by atoms with Gasteiger partial charge in [0.25, 0.3) is 0 Å². The van der Waals surface area contributed by atoms with Crippen LogP contribution in [0.3, 0.4) is 0 Å². The zero-order valence-corrected chi connectivity index (χ0v) is 7.89. The van der Waals surface area contributed by atoms with E-state index < -0.39 is 5.82 Å². The summed E-state index contributed by atoms with van der Waals surface area (Å²) in [6, 6.07) is 4.40. The first-order valence-electron chi connectivity index (χ1n) is 4.02. The van der Waals surface area contributed by atoms with Crippen molar-refractivity contribution in [1.82, 2.24) is 0 Å². The van der Waals surface area contributed by atoms with E-state index in [9.17, 15) is 9.18 Å². The number of anilines is 1. The van der Waals surface area contributed by atoms with Gasteiger partial charge in [-0.3, -0.25) is 4.79 Å². The second-order valence-electron chi connectivity index (χ2n) is 2.92. The van der Waals surface area contributed by atoms with Crippen molar-refractivity contribution in [2.24, 2.45) is 0 Å². The lowest BCUT2D eigenvalue weighted by atomic mass is 10.1. The van der Waals surface area contributed by atoms with Crippen molar-refractivity contribution < 1.29 is 9.18 Å². The number of rotatable bonds is 1. The summed E-state index contributed by atoms with van der Waals surface area (Å²) in [5.41, 5.74) is 0.866. The average Bonchev–Trinajstić information content (AvgIpc) is 2.11. The van der Waals surface area contributed by atoms with Gasteiger partial charge >= 0.3 is 0 Å². The topological polar surface area (TPSA) is 52.9 Å². The van der Waals surface area contributed by atoms with Gasteiger partial charge in [0.05, 0.1) is 11.6 Å². The van der Waals surface area contributed by atoms with Crippen LogP contribution in [0.15, 0.2) is 12.1 Å². The van der Waals surface area contributed by atoms with Crippen LogP contribution in [0.5, 0.6) is 0 Å². The summed E-state index contributed by atoms with van der Waals surface area (Å²) in [6.07, 6.45) is 0. The average molecular weight is 192 g/mol. The molecule has 0 saturated carbocycles. The molecule has 0 radical (unpaired) electrons. The van der Waals surface area contributed by atoms with Crippen molar-refractivity contribution in [2.45, 2.75) is 13.8 Å². The van der Waals surface area contributed by atoms with E-state index in [1.165, 1.54) is 13.0 Å². The summed E-state index contributed by atoms with van der Waals surface area (Å²) in [4.78, 5) is 10.8. The maximum Gasteiger partial charge on any atom is 0.221 e. The Bertz CT molecular complexity index is 421. The predicted octanol–water partition coefficient (Wildman–Crippen LogP) is 1.96. The molecule has 3 nitrogen and oxygen atoms in total. The molecule has 1 aromatic carbocycles. The predicted molar refractivity (Wildman–Crippen MR) is 50.2 cm³/mol. The number of nitriles is 1. The highest BCUT2D eigenvalue weighted by Crippen LogP contribution is 2.20. The van der Waals surface area contributed by atoms with Crippen molar-refractivity contribution in [3.63, 3.8) is 0 Å². The van der Waals surface area contributed by atoms with Crippen molar-refractivity contribution in [3.8, 4) is 6.07 Å². The van der Waals surface area contributed by atoms with Crippen molar-refractivity contribution in [3.05, 3.63) is 29.1 Å². The Hall–Kier alpha value is -1.89. The first-order chi connectivity index (χ1) is 6.54. The summed E-state index contributed by atoms with van der Waals surface area (Å²) in [6.45, 7) is 2.87. The SMILES string of the molecule is CC(=O)Nc1cc(C#N)cc(F)c1C. The molecule has 0 aromatic heterocycles. The molecule has 1 aromatic rings. The van der Waals surface area contributed by atoms with E-state index in [4.69, 9.17) is 5.26 Å². The van der Waals surface area contributed by atoms with Gasteiger partial charge in [-0.05, 0) is 19.1 Å². The van der Waals surface area contributed by atoms with E-state index in [1.54, 1.807) is 6.92 Å². The number of benzene rings is 1. The van der Waals surface area contributed by atoms with Crippen molar-refractivity contribution in [1.29, 1.82) is 5.26 Å². The first kappa shape index (κ1) is 10.2. The van der Waals surface area contributed by atoms with Gasteiger partial charge in [-0.15, -0.1) is 0 Å². The molecule has 14 heavy (non-hydrogen) atoms. The van der Waals surface area contributed by atoms with Gasteiger partial charge in [0.15, 0.2) is 0 Å². The Morgan fingerprint density at radius 1 is 1.57 bits per heavy atom. The van der Waals surface area contributed by atoms with Gasteiger partial charge < -0.3 is 5.32 Å². The van der Waals surface area contributed by atoms with E-state index in [-0.39, 0.29) is 11.5 Å². The molecule has 1 rings (SSSR count). The molecule has 72 valence electrons. The molecule has 0 aliphatic rings. The number of carbonyl (C=O) groups is 1. The van der Waals surface area contributed by atoms with Crippen molar-refractivity contribution >= 4 is 11.6 Å². The molecule has 0 aliphatic carbocycles. The van der Waals surface area contributed by atoms with Crippen LogP contribution in [0.2, 0.25) is 0 Å². The number of nitrogens with one attached hydrogen (secondary N) is 1. The van der Waals surface area contributed by atoms with Crippen LogP contribution in [-0.4, -0.2) is 5.91 Å². The summed E-state index contributed by atoms with van der Waals surface area (Å²) in [5, 5.41) is 11.0. The van der Waals surface area contributed by atoms with Gasteiger partial charge in [0.1, 0.15) is 5.82 Å². The zero-order valence-electron chi connectivity index (χ0n) is 7.89. The number of carbonyl (C=O) groups excluding carboxylic acids is 1. The molecule has 1 amide bonds. The zero-order chi connectivity index (χ0) is 10.7. The third-order valence-electron chi connectivity index (χ3n) is 1.78. The van der Waals surface area contributed by atoms with Crippen LogP contribution in [0, 0.1) is 24.1 Å². The molecule has 0 fully saturated rings. The summed E-state index contributed by atoms with van der Waals surface area (Å²) >= 11 is 0. The molecule has 0 heterocycles. The molecule has 4 heteroatoms. The van der Waals surface area contributed by atoms with E-state index in [1.807, 2.05) is 6.07 Å². The van der Waals surface area contributed by atoms with Gasteiger partial charge in [-0.25, -0.2) is 4.39 Å². The van der Waals surface area contributed by atoms with Gasteiger partial charge in [0, 0.05) is 18.2 Å². The standard InChI is InChI=1S/C10H9FN2O/c1-6-9(11)3-8(5-12)4-10(6)13-7(2)14/h3-4H,1-2H3,(H,13,14). The minimum Gasteiger partial charge on any atom is -0.326 e. The Balaban J connectivity index is 3.21. The molecule has 1 N–H and O–H groups in total. The van der Waals surface area contributed by atoms with Crippen LogP contribution >= 0.6 is 0 Å². The van der Waals surface area contributed by atoms with Gasteiger partial charge in [-0.1, -0.05) is 0 Å². The van der Waals surface area contributed by atoms with E-state index in [2.05, 4.69) is 5.32 Å². The summed E-state index contributed by atoms with van der Waals surface area (Å²) in [7, 11) is 0. The summed E-state index contributed by atoms with van der Waals surface area (Å²) < 4.78 is 13.2. The maximum atomic E-state index is 13.2. The second-order valence-corrected chi connectivity index (χ2v) is 2.92. The van der Waals surface area contributed by atoms with E-state index in [0.717, 1.165) is 6.07 Å². The fourth-order valence-corrected chi connectivity index (χ4v) is 1.06. The molecule has 0 atom stereocenters. The monoisotopic (exact) mass is 192 g/mol. The Labute approximate surface area is 81.2 Å². The molecular formula is C10H9FN2O. The second kappa shape index (κ2) is 3.88. The van der Waals surface area contributed by atoms with E-state index >= 15 is 0 Å². The number of hydrogen-bond acceptors (Lipinski definition) is 2. The Morgan fingerprint density at radius 2 is 2.21 bits per heavy atom. The lowest BCUT2D eigenvalue weighted by molar-refractivity contribution is -0.114.